The monoisotopic (exact) mass is 322 g/mol. The molecule has 1 aliphatic carbocycles. The van der Waals surface area contributed by atoms with E-state index in [0.717, 1.165) is 6.42 Å². The van der Waals surface area contributed by atoms with Crippen molar-refractivity contribution in [3.63, 3.8) is 0 Å². The topological polar surface area (TPSA) is 63.6 Å². The van der Waals surface area contributed by atoms with E-state index >= 15 is 0 Å². The van der Waals surface area contributed by atoms with Gasteiger partial charge in [0.05, 0.1) is 0 Å². The predicted octanol–water partition coefficient (Wildman–Crippen LogP) is 2.85. The highest BCUT2D eigenvalue weighted by Gasteiger charge is 2.79. The second-order valence-corrected chi connectivity index (χ2v) is 4.69. The molecule has 1 fully saturated rings. The van der Waals surface area contributed by atoms with Crippen molar-refractivity contribution in [1.29, 1.82) is 0 Å². The van der Waals surface area contributed by atoms with Gasteiger partial charge >= 0.3 is 29.7 Å². The Morgan fingerprint density at radius 1 is 0.905 bits per heavy atom. The molecule has 0 aromatic heterocycles. The Hall–Kier alpha value is -1.48. The molecule has 0 heterocycles. The zero-order chi connectivity index (χ0) is 16.5. The van der Waals surface area contributed by atoms with E-state index in [1.807, 2.05) is 0 Å². The lowest BCUT2D eigenvalue weighted by atomic mass is 9.97. The van der Waals surface area contributed by atoms with Crippen molar-refractivity contribution >= 4 is 11.9 Å². The number of alkyl halides is 6. The standard InChI is InChI=1S/C11H12F6O4/c12-9(13,7(18)19)11(16,17)10(14,15)8(20)21-6-4-2-1-3-5-6/h6H,1-5H2,(H,18,19). The lowest BCUT2D eigenvalue weighted by Crippen LogP contribution is -2.61. The summed E-state index contributed by atoms with van der Waals surface area (Å²) in [6.45, 7) is 0. The summed E-state index contributed by atoms with van der Waals surface area (Å²) in [7, 11) is 0. The first-order valence-corrected chi connectivity index (χ1v) is 6.02. The zero-order valence-corrected chi connectivity index (χ0v) is 10.6. The second-order valence-electron chi connectivity index (χ2n) is 4.69. The average Bonchev–Trinajstić information content (AvgIpc) is 2.39. The minimum absolute atomic E-state index is 0.155. The van der Waals surface area contributed by atoms with Gasteiger partial charge in [-0.05, 0) is 25.7 Å². The second kappa shape index (κ2) is 5.72. The quantitative estimate of drug-likeness (QED) is 0.624. The van der Waals surface area contributed by atoms with Gasteiger partial charge in [0.1, 0.15) is 6.10 Å². The van der Waals surface area contributed by atoms with Crippen LogP contribution in [0, 0.1) is 0 Å². The maximum Gasteiger partial charge on any atom is 0.411 e. The highest BCUT2D eigenvalue weighted by Crippen LogP contribution is 2.46. The van der Waals surface area contributed by atoms with E-state index in [2.05, 4.69) is 4.74 Å². The molecule has 0 aromatic carbocycles. The summed E-state index contributed by atoms with van der Waals surface area (Å²) in [6, 6.07) is 0. The third kappa shape index (κ3) is 3.08. The highest BCUT2D eigenvalue weighted by atomic mass is 19.3. The summed E-state index contributed by atoms with van der Waals surface area (Å²) in [5.41, 5.74) is 0. The number of carbonyl (C=O) groups excluding carboxylic acids is 1. The van der Waals surface area contributed by atoms with E-state index in [0.29, 0.717) is 12.8 Å². The molecule has 0 radical (unpaired) electrons. The zero-order valence-electron chi connectivity index (χ0n) is 10.6. The average molecular weight is 322 g/mol. The van der Waals surface area contributed by atoms with Crippen LogP contribution >= 0.6 is 0 Å². The number of rotatable bonds is 5. The number of hydrogen-bond acceptors (Lipinski definition) is 3. The molecule has 1 aliphatic rings. The Bertz CT molecular complexity index is 417. The van der Waals surface area contributed by atoms with Crippen molar-refractivity contribution < 1.29 is 45.8 Å². The first kappa shape index (κ1) is 17.6. The van der Waals surface area contributed by atoms with Gasteiger partial charge in [0.2, 0.25) is 0 Å². The van der Waals surface area contributed by atoms with Gasteiger partial charge in [0.15, 0.2) is 0 Å². The third-order valence-electron chi connectivity index (χ3n) is 3.14. The Morgan fingerprint density at radius 3 is 1.81 bits per heavy atom. The molecule has 0 bridgehead atoms. The van der Waals surface area contributed by atoms with Gasteiger partial charge in [-0.25, -0.2) is 9.59 Å². The fourth-order valence-corrected chi connectivity index (χ4v) is 1.87. The summed E-state index contributed by atoms with van der Waals surface area (Å²) < 4.78 is 82.1. The number of carboxylic acid groups (broad SMARTS) is 1. The van der Waals surface area contributed by atoms with Crippen molar-refractivity contribution in [3.8, 4) is 0 Å². The van der Waals surface area contributed by atoms with Crippen LogP contribution in [0.5, 0.6) is 0 Å². The smallest absolute Gasteiger partial charge is 0.411 e. The van der Waals surface area contributed by atoms with Crippen molar-refractivity contribution in [3.05, 3.63) is 0 Å². The van der Waals surface area contributed by atoms with Crippen LogP contribution in [0.4, 0.5) is 26.3 Å². The molecular formula is C11H12F6O4. The molecule has 122 valence electrons. The van der Waals surface area contributed by atoms with Crippen LogP contribution in [0.25, 0.3) is 0 Å². The molecule has 0 atom stereocenters. The third-order valence-corrected chi connectivity index (χ3v) is 3.14. The molecule has 0 spiro atoms. The highest BCUT2D eigenvalue weighted by molar-refractivity contribution is 5.83. The van der Waals surface area contributed by atoms with Crippen LogP contribution in [0.1, 0.15) is 32.1 Å². The normalized spacial score (nSPS) is 18.4. The summed E-state index contributed by atoms with van der Waals surface area (Å²) in [5, 5.41) is 7.93. The molecule has 0 aliphatic heterocycles. The summed E-state index contributed by atoms with van der Waals surface area (Å²) in [5.74, 6) is -24.8. The van der Waals surface area contributed by atoms with Crippen LogP contribution in [-0.4, -0.2) is 40.9 Å². The summed E-state index contributed by atoms with van der Waals surface area (Å²) in [4.78, 5) is 21.1. The van der Waals surface area contributed by atoms with Crippen LogP contribution < -0.4 is 0 Å². The molecular weight excluding hydrogens is 310 g/mol. The SMILES string of the molecule is O=C(O)C(F)(F)C(F)(F)C(F)(F)C(=O)OC1CCCCC1. The van der Waals surface area contributed by atoms with Crippen molar-refractivity contribution in [1.82, 2.24) is 0 Å². The molecule has 0 saturated heterocycles. The van der Waals surface area contributed by atoms with Crippen LogP contribution in [0.3, 0.4) is 0 Å². The summed E-state index contributed by atoms with van der Waals surface area (Å²) in [6.07, 6.45) is 1.03. The number of aliphatic carboxylic acids is 1. The molecule has 1 saturated carbocycles. The Kier molecular flexibility index (Phi) is 4.79. The number of hydrogen-bond donors (Lipinski definition) is 1. The van der Waals surface area contributed by atoms with Crippen molar-refractivity contribution in [2.75, 3.05) is 0 Å². The van der Waals surface area contributed by atoms with Gasteiger partial charge in [0, 0.05) is 0 Å². The largest absolute Gasteiger partial charge is 0.477 e. The molecule has 4 nitrogen and oxygen atoms in total. The van der Waals surface area contributed by atoms with Crippen LogP contribution in [-0.2, 0) is 14.3 Å². The number of carboxylic acids is 1. The number of ether oxygens (including phenoxy) is 1. The lowest BCUT2D eigenvalue weighted by molar-refractivity contribution is -0.301. The number of esters is 1. The molecule has 21 heavy (non-hydrogen) atoms. The van der Waals surface area contributed by atoms with E-state index in [9.17, 15) is 35.9 Å². The maximum atomic E-state index is 13.2. The fraction of sp³-hybridized carbons (Fsp3) is 0.818. The Labute approximate surface area is 115 Å². The predicted molar refractivity (Wildman–Crippen MR) is 55.4 cm³/mol. The molecule has 0 amide bonds. The Balaban J connectivity index is 2.91. The molecule has 1 rings (SSSR count). The van der Waals surface area contributed by atoms with Gasteiger partial charge < -0.3 is 9.84 Å². The minimum Gasteiger partial charge on any atom is -0.477 e. The van der Waals surface area contributed by atoms with Gasteiger partial charge in [-0.15, -0.1) is 0 Å². The summed E-state index contributed by atoms with van der Waals surface area (Å²) >= 11 is 0. The molecule has 10 heteroatoms. The Morgan fingerprint density at radius 2 is 1.38 bits per heavy atom. The van der Waals surface area contributed by atoms with Gasteiger partial charge in [-0.2, -0.15) is 26.3 Å². The van der Waals surface area contributed by atoms with Gasteiger partial charge in [-0.3, -0.25) is 0 Å². The molecule has 1 N–H and O–H groups in total. The van der Waals surface area contributed by atoms with E-state index in [1.54, 1.807) is 0 Å². The van der Waals surface area contributed by atoms with Crippen LogP contribution in [0.15, 0.2) is 0 Å². The minimum atomic E-state index is -6.41. The first-order valence-electron chi connectivity index (χ1n) is 6.02. The molecule has 0 aromatic rings. The van der Waals surface area contributed by atoms with Gasteiger partial charge in [-0.1, -0.05) is 6.42 Å². The lowest BCUT2D eigenvalue weighted by Gasteiger charge is -2.30. The van der Waals surface area contributed by atoms with E-state index in [1.165, 1.54) is 0 Å². The molecule has 0 unspecified atom stereocenters. The first-order chi connectivity index (χ1) is 9.44. The van der Waals surface area contributed by atoms with Crippen molar-refractivity contribution in [2.45, 2.75) is 56.0 Å². The van der Waals surface area contributed by atoms with E-state index < -0.39 is 35.8 Å². The number of carbonyl (C=O) groups is 2. The fourth-order valence-electron chi connectivity index (χ4n) is 1.87. The van der Waals surface area contributed by atoms with E-state index in [4.69, 9.17) is 5.11 Å². The van der Waals surface area contributed by atoms with E-state index in [-0.39, 0.29) is 12.8 Å². The van der Waals surface area contributed by atoms with Crippen molar-refractivity contribution in [2.24, 2.45) is 0 Å². The van der Waals surface area contributed by atoms with Crippen LogP contribution in [0.2, 0.25) is 0 Å². The number of halogens is 6. The maximum absolute atomic E-state index is 13.2. The van der Waals surface area contributed by atoms with Gasteiger partial charge in [0.25, 0.3) is 0 Å².